The lowest BCUT2D eigenvalue weighted by atomic mass is 10.1. The van der Waals surface area contributed by atoms with Gasteiger partial charge in [-0.05, 0) is 43.5 Å². The minimum atomic E-state index is -1.36. The highest BCUT2D eigenvalue weighted by atomic mass is 19.1. The Labute approximate surface area is 122 Å². The maximum Gasteiger partial charge on any atom is 0.328 e. The number of rotatable bonds is 6. The van der Waals surface area contributed by atoms with E-state index in [1.54, 1.807) is 13.0 Å². The topological polar surface area (TPSA) is 98.7 Å². The molecule has 1 aromatic carbocycles. The Morgan fingerprint density at radius 3 is 2.57 bits per heavy atom. The molecule has 0 aliphatic carbocycles. The predicted molar refractivity (Wildman–Crippen MR) is 74.5 cm³/mol. The molecular formula is C14H19FN2O4. The third kappa shape index (κ3) is 5.39. The monoisotopic (exact) mass is 298 g/mol. The normalized spacial score (nSPS) is 13.3. The SMILES string of the molecule is Cc1cc(F)ccc1CCNC(=O)NC(C(=O)O)C(C)O. The zero-order chi connectivity index (χ0) is 16.0. The van der Waals surface area contributed by atoms with Crippen LogP contribution in [-0.4, -0.2) is 40.9 Å². The quantitative estimate of drug-likeness (QED) is 0.624. The van der Waals surface area contributed by atoms with Gasteiger partial charge in [-0.2, -0.15) is 0 Å². The first-order valence-electron chi connectivity index (χ1n) is 6.51. The zero-order valence-electron chi connectivity index (χ0n) is 11.9. The Morgan fingerprint density at radius 1 is 1.38 bits per heavy atom. The largest absolute Gasteiger partial charge is 0.480 e. The number of halogens is 1. The van der Waals surface area contributed by atoms with Crippen molar-refractivity contribution in [3.63, 3.8) is 0 Å². The second kappa shape index (κ2) is 7.58. The molecule has 0 aromatic heterocycles. The third-order valence-corrected chi connectivity index (χ3v) is 3.02. The highest BCUT2D eigenvalue weighted by Gasteiger charge is 2.24. The summed E-state index contributed by atoms with van der Waals surface area (Å²) in [5.74, 6) is -1.63. The lowest BCUT2D eigenvalue weighted by molar-refractivity contribution is -0.141. The summed E-state index contributed by atoms with van der Waals surface area (Å²) in [6, 6.07) is 2.35. The van der Waals surface area contributed by atoms with Gasteiger partial charge in [0.2, 0.25) is 0 Å². The van der Waals surface area contributed by atoms with Gasteiger partial charge in [0, 0.05) is 6.54 Å². The number of carboxylic acids is 1. The fourth-order valence-electron chi connectivity index (χ4n) is 1.83. The molecule has 0 bridgehead atoms. The Kier molecular flexibility index (Phi) is 6.10. The van der Waals surface area contributed by atoms with Crippen LogP contribution in [0.15, 0.2) is 18.2 Å². The molecule has 0 saturated heterocycles. The van der Waals surface area contributed by atoms with E-state index in [9.17, 15) is 19.1 Å². The van der Waals surface area contributed by atoms with Crippen molar-refractivity contribution in [1.82, 2.24) is 10.6 Å². The van der Waals surface area contributed by atoms with Gasteiger partial charge in [-0.1, -0.05) is 6.07 Å². The predicted octanol–water partition coefficient (Wildman–Crippen LogP) is 0.810. The number of amides is 2. The van der Waals surface area contributed by atoms with Gasteiger partial charge in [0.25, 0.3) is 0 Å². The lowest BCUT2D eigenvalue weighted by Crippen LogP contribution is -2.51. The minimum absolute atomic E-state index is 0.268. The number of aliphatic hydroxyl groups excluding tert-OH is 1. The number of aryl methyl sites for hydroxylation is 1. The van der Waals surface area contributed by atoms with Crippen molar-refractivity contribution in [3.05, 3.63) is 35.1 Å². The first kappa shape index (κ1) is 16.9. The summed E-state index contributed by atoms with van der Waals surface area (Å²) < 4.78 is 12.9. The fourth-order valence-corrected chi connectivity index (χ4v) is 1.83. The first-order chi connectivity index (χ1) is 9.81. The first-order valence-corrected chi connectivity index (χ1v) is 6.51. The van der Waals surface area contributed by atoms with Crippen LogP contribution >= 0.6 is 0 Å². The molecule has 2 amide bonds. The number of urea groups is 1. The van der Waals surface area contributed by atoms with Crippen molar-refractivity contribution in [2.45, 2.75) is 32.4 Å². The Morgan fingerprint density at radius 2 is 2.05 bits per heavy atom. The van der Waals surface area contributed by atoms with E-state index in [1.165, 1.54) is 19.1 Å². The van der Waals surface area contributed by atoms with Crippen molar-refractivity contribution >= 4 is 12.0 Å². The molecule has 0 fully saturated rings. The van der Waals surface area contributed by atoms with Gasteiger partial charge in [-0.25, -0.2) is 14.0 Å². The summed E-state index contributed by atoms with van der Waals surface area (Å²) in [7, 11) is 0. The van der Waals surface area contributed by atoms with E-state index in [2.05, 4.69) is 10.6 Å². The summed E-state index contributed by atoms with van der Waals surface area (Å²) in [4.78, 5) is 22.3. The highest BCUT2D eigenvalue weighted by molar-refractivity contribution is 5.82. The molecule has 2 unspecified atom stereocenters. The van der Waals surface area contributed by atoms with Crippen LogP contribution < -0.4 is 10.6 Å². The number of hydrogen-bond donors (Lipinski definition) is 4. The van der Waals surface area contributed by atoms with Crippen molar-refractivity contribution in [2.75, 3.05) is 6.54 Å². The summed E-state index contributed by atoms with van der Waals surface area (Å²) >= 11 is 0. The molecular weight excluding hydrogens is 279 g/mol. The van der Waals surface area contributed by atoms with Crippen molar-refractivity contribution in [3.8, 4) is 0 Å². The van der Waals surface area contributed by atoms with Gasteiger partial charge in [0.15, 0.2) is 6.04 Å². The van der Waals surface area contributed by atoms with E-state index in [0.29, 0.717) is 6.42 Å². The van der Waals surface area contributed by atoms with Crippen LogP contribution in [0.2, 0.25) is 0 Å². The third-order valence-electron chi connectivity index (χ3n) is 3.02. The molecule has 6 nitrogen and oxygen atoms in total. The molecule has 21 heavy (non-hydrogen) atoms. The van der Waals surface area contributed by atoms with Crippen molar-refractivity contribution < 1.29 is 24.2 Å². The summed E-state index contributed by atoms with van der Waals surface area (Å²) in [6.45, 7) is 3.32. The number of nitrogens with one attached hydrogen (secondary N) is 2. The van der Waals surface area contributed by atoms with E-state index in [4.69, 9.17) is 5.11 Å². The molecule has 0 spiro atoms. The maximum atomic E-state index is 12.9. The minimum Gasteiger partial charge on any atom is -0.480 e. The molecule has 116 valence electrons. The molecule has 2 atom stereocenters. The number of carbonyl (C=O) groups excluding carboxylic acids is 1. The maximum absolute atomic E-state index is 12.9. The number of carboxylic acid groups (broad SMARTS) is 1. The van der Waals surface area contributed by atoms with Gasteiger partial charge >= 0.3 is 12.0 Å². The van der Waals surface area contributed by atoms with E-state index < -0.39 is 24.1 Å². The molecule has 0 radical (unpaired) electrons. The van der Waals surface area contributed by atoms with E-state index in [1.807, 2.05) is 0 Å². The van der Waals surface area contributed by atoms with Crippen molar-refractivity contribution in [2.24, 2.45) is 0 Å². The van der Waals surface area contributed by atoms with Crippen molar-refractivity contribution in [1.29, 1.82) is 0 Å². The van der Waals surface area contributed by atoms with Crippen LogP contribution in [0, 0.1) is 12.7 Å². The average molecular weight is 298 g/mol. The van der Waals surface area contributed by atoms with Crippen LogP contribution in [0.3, 0.4) is 0 Å². The molecule has 0 aliphatic heterocycles. The Bertz CT molecular complexity index is 520. The number of benzene rings is 1. The average Bonchev–Trinajstić information content (AvgIpc) is 2.37. The number of aliphatic hydroxyl groups is 1. The zero-order valence-corrected chi connectivity index (χ0v) is 11.9. The molecule has 1 aromatic rings. The standard InChI is InChI=1S/C14H19FN2O4/c1-8-7-11(15)4-3-10(8)5-6-16-14(21)17-12(9(2)18)13(19)20/h3-4,7,9,12,18H,5-6H2,1-2H3,(H,19,20)(H2,16,17,21). The van der Waals surface area contributed by atoms with E-state index in [-0.39, 0.29) is 12.4 Å². The lowest BCUT2D eigenvalue weighted by Gasteiger charge is -2.17. The molecule has 0 saturated carbocycles. The van der Waals surface area contributed by atoms with Crippen LogP contribution in [0.5, 0.6) is 0 Å². The van der Waals surface area contributed by atoms with Gasteiger partial charge in [0.1, 0.15) is 5.82 Å². The van der Waals surface area contributed by atoms with Crippen LogP contribution in [0.4, 0.5) is 9.18 Å². The molecule has 0 aliphatic rings. The molecule has 1 rings (SSSR count). The van der Waals surface area contributed by atoms with Crippen LogP contribution in [0.25, 0.3) is 0 Å². The number of carbonyl (C=O) groups is 2. The van der Waals surface area contributed by atoms with E-state index in [0.717, 1.165) is 11.1 Å². The highest BCUT2D eigenvalue weighted by Crippen LogP contribution is 2.10. The summed E-state index contributed by atoms with van der Waals surface area (Å²) in [5.41, 5.74) is 1.67. The van der Waals surface area contributed by atoms with Gasteiger partial charge in [-0.15, -0.1) is 0 Å². The van der Waals surface area contributed by atoms with Crippen LogP contribution in [0.1, 0.15) is 18.1 Å². The van der Waals surface area contributed by atoms with Gasteiger partial charge < -0.3 is 20.8 Å². The second-order valence-electron chi connectivity index (χ2n) is 4.78. The summed E-state index contributed by atoms with van der Waals surface area (Å²) in [5, 5.41) is 22.7. The summed E-state index contributed by atoms with van der Waals surface area (Å²) in [6.07, 6.45) is -0.709. The Balaban J connectivity index is 2.44. The number of aliphatic carboxylic acids is 1. The smallest absolute Gasteiger partial charge is 0.328 e. The van der Waals surface area contributed by atoms with Crippen LogP contribution in [-0.2, 0) is 11.2 Å². The van der Waals surface area contributed by atoms with E-state index >= 15 is 0 Å². The molecule has 7 heteroatoms. The Hall–Kier alpha value is -2.15. The molecule has 0 heterocycles. The molecule has 4 N–H and O–H groups in total. The van der Waals surface area contributed by atoms with Gasteiger partial charge in [0.05, 0.1) is 6.10 Å². The van der Waals surface area contributed by atoms with Gasteiger partial charge in [-0.3, -0.25) is 0 Å². The number of hydrogen-bond acceptors (Lipinski definition) is 3. The fraction of sp³-hybridized carbons (Fsp3) is 0.429. The second-order valence-corrected chi connectivity index (χ2v) is 4.78.